The molecule has 21 heavy (non-hydrogen) atoms. The summed E-state index contributed by atoms with van der Waals surface area (Å²) in [5.74, 6) is -2.06. The number of carboxylic acids is 1. The number of hydrogen-bond acceptors (Lipinski definition) is 2. The average Bonchev–Trinajstić information content (AvgIpc) is 2.32. The van der Waals surface area contributed by atoms with E-state index >= 15 is 0 Å². The summed E-state index contributed by atoms with van der Waals surface area (Å²) >= 11 is 11.9. The van der Waals surface area contributed by atoms with Gasteiger partial charge in [0.25, 0.3) is 5.91 Å². The minimum absolute atomic E-state index is 0.0347. The molecule has 0 heterocycles. The maximum atomic E-state index is 12.1. The highest BCUT2D eigenvalue weighted by molar-refractivity contribution is 6.39. The Balaban J connectivity index is 2.77. The van der Waals surface area contributed by atoms with Gasteiger partial charge < -0.3 is 10.4 Å². The molecule has 0 bridgehead atoms. The summed E-state index contributed by atoms with van der Waals surface area (Å²) < 4.78 is 0. The first-order chi connectivity index (χ1) is 9.61. The molecule has 0 aliphatic carbocycles. The van der Waals surface area contributed by atoms with Gasteiger partial charge in [0, 0.05) is 6.54 Å². The second-order valence-electron chi connectivity index (χ2n) is 6.11. The van der Waals surface area contributed by atoms with Crippen molar-refractivity contribution in [2.75, 3.05) is 6.54 Å². The molecule has 0 aromatic heterocycles. The number of rotatable bonds is 5. The van der Waals surface area contributed by atoms with Crippen LogP contribution in [0.2, 0.25) is 10.0 Å². The second-order valence-corrected chi connectivity index (χ2v) is 6.92. The lowest BCUT2D eigenvalue weighted by atomic mass is 9.84. The van der Waals surface area contributed by atoms with E-state index in [1.54, 1.807) is 18.2 Å². The van der Waals surface area contributed by atoms with Gasteiger partial charge in [-0.2, -0.15) is 0 Å². The van der Waals surface area contributed by atoms with Gasteiger partial charge in [0.1, 0.15) is 0 Å². The van der Waals surface area contributed by atoms with E-state index in [-0.39, 0.29) is 27.6 Å². The van der Waals surface area contributed by atoms with Gasteiger partial charge >= 0.3 is 5.97 Å². The van der Waals surface area contributed by atoms with Crippen LogP contribution < -0.4 is 5.32 Å². The monoisotopic (exact) mass is 331 g/mol. The molecule has 1 amide bonds. The summed E-state index contributed by atoms with van der Waals surface area (Å²) in [5, 5.41) is 12.3. The van der Waals surface area contributed by atoms with Crippen molar-refractivity contribution in [3.63, 3.8) is 0 Å². The molecule has 0 saturated carbocycles. The Morgan fingerprint density at radius 1 is 1.24 bits per heavy atom. The Kier molecular flexibility index (Phi) is 6.05. The Hall–Kier alpha value is -1.26. The highest BCUT2D eigenvalue weighted by atomic mass is 35.5. The first-order valence-electron chi connectivity index (χ1n) is 6.57. The van der Waals surface area contributed by atoms with Crippen LogP contribution in [-0.2, 0) is 4.79 Å². The molecule has 116 valence electrons. The van der Waals surface area contributed by atoms with Gasteiger partial charge in [0.2, 0.25) is 0 Å². The fraction of sp³-hybridized carbons (Fsp3) is 0.467. The molecule has 1 aromatic rings. The van der Waals surface area contributed by atoms with Crippen molar-refractivity contribution < 1.29 is 14.7 Å². The van der Waals surface area contributed by atoms with Gasteiger partial charge in [-0.15, -0.1) is 0 Å². The highest BCUT2D eigenvalue weighted by Gasteiger charge is 2.25. The summed E-state index contributed by atoms with van der Waals surface area (Å²) in [6, 6.07) is 4.76. The van der Waals surface area contributed by atoms with Gasteiger partial charge in [-0.3, -0.25) is 9.59 Å². The number of carboxylic acid groups (broad SMARTS) is 1. The highest BCUT2D eigenvalue weighted by Crippen LogP contribution is 2.26. The first kappa shape index (κ1) is 17.8. The lowest BCUT2D eigenvalue weighted by Crippen LogP contribution is -2.35. The zero-order valence-corrected chi connectivity index (χ0v) is 13.8. The lowest BCUT2D eigenvalue weighted by Gasteiger charge is -2.23. The molecule has 0 radical (unpaired) electrons. The second kappa shape index (κ2) is 7.14. The number of amides is 1. The zero-order valence-electron chi connectivity index (χ0n) is 12.2. The maximum absolute atomic E-state index is 12.1. The van der Waals surface area contributed by atoms with Crippen LogP contribution in [0.3, 0.4) is 0 Å². The molecule has 1 atom stereocenters. The average molecular weight is 332 g/mol. The van der Waals surface area contributed by atoms with Crippen molar-refractivity contribution in [2.24, 2.45) is 11.3 Å². The fourth-order valence-electron chi connectivity index (χ4n) is 2.01. The van der Waals surface area contributed by atoms with Crippen molar-refractivity contribution in [1.29, 1.82) is 0 Å². The zero-order chi connectivity index (χ0) is 16.2. The van der Waals surface area contributed by atoms with Crippen molar-refractivity contribution in [3.8, 4) is 0 Å². The van der Waals surface area contributed by atoms with Crippen LogP contribution >= 0.6 is 23.2 Å². The number of benzene rings is 1. The van der Waals surface area contributed by atoms with E-state index in [1.165, 1.54) is 0 Å². The van der Waals surface area contributed by atoms with Crippen LogP contribution in [-0.4, -0.2) is 23.5 Å². The molecule has 1 rings (SSSR count). The third kappa shape index (κ3) is 5.56. The Labute approximate surface area is 134 Å². The molecule has 0 aliphatic heterocycles. The van der Waals surface area contributed by atoms with Gasteiger partial charge in [-0.1, -0.05) is 50.0 Å². The number of aliphatic carboxylic acids is 1. The molecule has 4 nitrogen and oxygen atoms in total. The molecular formula is C15H19Cl2NO3. The predicted octanol–water partition coefficient (Wildman–Crippen LogP) is 3.86. The molecule has 0 aliphatic rings. The third-order valence-electron chi connectivity index (χ3n) is 2.91. The summed E-state index contributed by atoms with van der Waals surface area (Å²) in [4.78, 5) is 23.4. The summed E-state index contributed by atoms with van der Waals surface area (Å²) in [7, 11) is 0. The fourth-order valence-corrected chi connectivity index (χ4v) is 2.57. The lowest BCUT2D eigenvalue weighted by molar-refractivity contribution is -0.142. The summed E-state index contributed by atoms with van der Waals surface area (Å²) in [6.45, 7) is 5.90. The molecule has 0 spiro atoms. The Bertz CT molecular complexity index is 518. The van der Waals surface area contributed by atoms with Crippen LogP contribution in [0.5, 0.6) is 0 Å². The van der Waals surface area contributed by atoms with Crippen molar-refractivity contribution in [3.05, 3.63) is 33.8 Å². The minimum atomic E-state index is -0.935. The van der Waals surface area contributed by atoms with E-state index in [0.29, 0.717) is 6.42 Å². The van der Waals surface area contributed by atoms with Crippen molar-refractivity contribution >= 4 is 35.1 Å². The number of hydrogen-bond donors (Lipinski definition) is 2. The van der Waals surface area contributed by atoms with Crippen LogP contribution in [0.4, 0.5) is 0 Å². The van der Waals surface area contributed by atoms with E-state index in [0.717, 1.165) is 0 Å². The van der Waals surface area contributed by atoms with Crippen LogP contribution in [0.25, 0.3) is 0 Å². The quantitative estimate of drug-likeness (QED) is 0.860. The van der Waals surface area contributed by atoms with E-state index in [2.05, 4.69) is 5.32 Å². The topological polar surface area (TPSA) is 66.4 Å². The van der Waals surface area contributed by atoms with Gasteiger partial charge in [-0.05, 0) is 24.0 Å². The minimum Gasteiger partial charge on any atom is -0.481 e. The Morgan fingerprint density at radius 2 is 1.76 bits per heavy atom. The molecular weight excluding hydrogens is 313 g/mol. The van der Waals surface area contributed by atoms with E-state index in [4.69, 9.17) is 23.2 Å². The number of halogens is 2. The molecule has 0 saturated heterocycles. The SMILES string of the molecule is CC(C)(C)CC(CNC(=O)c1c(Cl)cccc1Cl)C(=O)O. The van der Waals surface area contributed by atoms with Gasteiger partial charge in [-0.25, -0.2) is 0 Å². The van der Waals surface area contributed by atoms with E-state index in [1.807, 2.05) is 20.8 Å². The third-order valence-corrected chi connectivity index (χ3v) is 3.54. The van der Waals surface area contributed by atoms with E-state index < -0.39 is 17.8 Å². The van der Waals surface area contributed by atoms with Crippen molar-refractivity contribution in [2.45, 2.75) is 27.2 Å². The largest absolute Gasteiger partial charge is 0.481 e. The number of nitrogens with one attached hydrogen (secondary N) is 1. The van der Waals surface area contributed by atoms with Crippen LogP contribution in [0.15, 0.2) is 18.2 Å². The normalized spacial score (nSPS) is 12.8. The maximum Gasteiger partial charge on any atom is 0.308 e. The molecule has 6 heteroatoms. The molecule has 1 unspecified atom stereocenters. The van der Waals surface area contributed by atoms with Crippen LogP contribution in [0, 0.1) is 11.3 Å². The number of carbonyl (C=O) groups excluding carboxylic acids is 1. The molecule has 1 aromatic carbocycles. The Morgan fingerprint density at radius 3 is 2.19 bits per heavy atom. The summed E-state index contributed by atoms with van der Waals surface area (Å²) in [5.41, 5.74) is 0.0243. The van der Waals surface area contributed by atoms with Crippen LogP contribution in [0.1, 0.15) is 37.6 Å². The standard InChI is InChI=1S/C15H19Cl2NO3/c1-15(2,3)7-9(14(20)21)8-18-13(19)12-10(16)5-4-6-11(12)17/h4-6,9H,7-8H2,1-3H3,(H,18,19)(H,20,21). The molecule has 0 fully saturated rings. The van der Waals surface area contributed by atoms with Gasteiger partial charge in [0.05, 0.1) is 21.5 Å². The predicted molar refractivity (Wildman–Crippen MR) is 84.0 cm³/mol. The van der Waals surface area contributed by atoms with E-state index in [9.17, 15) is 14.7 Å². The smallest absolute Gasteiger partial charge is 0.308 e. The molecule has 2 N–H and O–H groups in total. The first-order valence-corrected chi connectivity index (χ1v) is 7.32. The van der Waals surface area contributed by atoms with Gasteiger partial charge in [0.15, 0.2) is 0 Å². The van der Waals surface area contributed by atoms with Crippen molar-refractivity contribution in [1.82, 2.24) is 5.32 Å². The summed E-state index contributed by atoms with van der Waals surface area (Å²) in [6.07, 6.45) is 0.457. The number of carbonyl (C=O) groups is 2.